The molecule has 122 valence electrons. The Morgan fingerprint density at radius 2 is 1.87 bits per heavy atom. The van der Waals surface area contributed by atoms with Crippen molar-refractivity contribution in [3.05, 3.63) is 59.7 Å². The average molecular weight is 332 g/mol. The zero-order valence-electron chi connectivity index (χ0n) is 13.3. The molecule has 0 heterocycles. The first-order valence-corrected chi connectivity index (χ1v) is 8.65. The van der Waals surface area contributed by atoms with E-state index < -0.39 is 0 Å². The minimum atomic E-state index is -0.355. The van der Waals surface area contributed by atoms with Crippen molar-refractivity contribution < 1.29 is 19.0 Å². The van der Waals surface area contributed by atoms with Crippen molar-refractivity contribution >= 4 is 17.7 Å². The van der Waals surface area contributed by atoms with Crippen LogP contribution in [0.2, 0.25) is 0 Å². The second kappa shape index (κ2) is 9.10. The Hall–Kier alpha value is -2.14. The lowest BCUT2D eigenvalue weighted by Crippen LogP contribution is -2.08. The molecule has 2 aromatic rings. The van der Waals surface area contributed by atoms with Crippen molar-refractivity contribution in [1.82, 2.24) is 0 Å². The number of carbonyl (C=O) groups excluding carboxylic acids is 1. The summed E-state index contributed by atoms with van der Waals surface area (Å²) in [7, 11) is 1.55. The van der Waals surface area contributed by atoms with E-state index in [0.717, 1.165) is 11.3 Å². The molecular formula is C18H20O4S. The van der Waals surface area contributed by atoms with Gasteiger partial charge in [0, 0.05) is 5.75 Å². The third-order valence-electron chi connectivity index (χ3n) is 3.16. The van der Waals surface area contributed by atoms with Gasteiger partial charge in [0.15, 0.2) is 11.5 Å². The monoisotopic (exact) mass is 332 g/mol. The minimum Gasteiger partial charge on any atom is -0.493 e. The molecule has 0 fully saturated rings. The summed E-state index contributed by atoms with van der Waals surface area (Å²) in [5.41, 5.74) is 1.52. The molecule has 0 bridgehead atoms. The fourth-order valence-electron chi connectivity index (χ4n) is 1.95. The highest BCUT2D eigenvalue weighted by Gasteiger charge is 2.12. The fraction of sp³-hybridized carbons (Fsp3) is 0.278. The number of ether oxygens (including phenoxy) is 3. The van der Waals surface area contributed by atoms with Crippen molar-refractivity contribution in [2.24, 2.45) is 0 Å². The molecule has 4 nitrogen and oxygen atoms in total. The van der Waals surface area contributed by atoms with Gasteiger partial charge >= 0.3 is 5.97 Å². The molecule has 2 rings (SSSR count). The zero-order valence-corrected chi connectivity index (χ0v) is 14.1. The molecule has 0 aliphatic carbocycles. The Bertz CT molecular complexity index is 628. The third kappa shape index (κ3) is 5.21. The summed E-state index contributed by atoms with van der Waals surface area (Å²) >= 11 is 1.63. The van der Waals surface area contributed by atoms with E-state index in [2.05, 4.69) is 0 Å². The molecule has 23 heavy (non-hydrogen) atoms. The van der Waals surface area contributed by atoms with Gasteiger partial charge in [-0.25, -0.2) is 4.79 Å². The molecule has 0 atom stereocenters. The maximum Gasteiger partial charge on any atom is 0.338 e. The average Bonchev–Trinajstić information content (AvgIpc) is 2.60. The maximum absolute atomic E-state index is 12.0. The summed E-state index contributed by atoms with van der Waals surface area (Å²) in [6, 6.07) is 14.9. The summed E-state index contributed by atoms with van der Waals surface area (Å²) in [6.07, 6.45) is 1.97. The first-order valence-electron chi connectivity index (χ1n) is 7.25. The van der Waals surface area contributed by atoms with Crippen LogP contribution in [0.25, 0.3) is 0 Å². The Morgan fingerprint density at radius 3 is 2.57 bits per heavy atom. The van der Waals surface area contributed by atoms with Gasteiger partial charge in [0.2, 0.25) is 0 Å². The molecule has 0 spiro atoms. The highest BCUT2D eigenvalue weighted by molar-refractivity contribution is 7.98. The Labute approximate surface area is 140 Å². The number of thioether (sulfide) groups is 1. The predicted octanol–water partition coefficient (Wildman–Crippen LogP) is 3.79. The van der Waals surface area contributed by atoms with Gasteiger partial charge in [-0.05, 0) is 30.0 Å². The minimum absolute atomic E-state index is 0.355. The van der Waals surface area contributed by atoms with Gasteiger partial charge < -0.3 is 14.2 Å². The van der Waals surface area contributed by atoms with Crippen LogP contribution in [-0.4, -0.2) is 31.7 Å². The van der Waals surface area contributed by atoms with Gasteiger partial charge in [-0.1, -0.05) is 30.3 Å². The summed E-state index contributed by atoms with van der Waals surface area (Å²) in [6.45, 7) is 0.837. The number of methoxy groups -OCH3 is 1. The number of carbonyl (C=O) groups is 1. The predicted molar refractivity (Wildman–Crippen MR) is 92.4 cm³/mol. The number of hydrogen-bond acceptors (Lipinski definition) is 5. The van der Waals surface area contributed by atoms with E-state index in [1.165, 1.54) is 0 Å². The molecule has 2 aromatic carbocycles. The highest BCUT2D eigenvalue weighted by atomic mass is 32.2. The van der Waals surface area contributed by atoms with Crippen LogP contribution in [0.5, 0.6) is 11.5 Å². The van der Waals surface area contributed by atoms with Crippen LogP contribution in [0.3, 0.4) is 0 Å². The Morgan fingerprint density at radius 1 is 1.09 bits per heavy atom. The smallest absolute Gasteiger partial charge is 0.338 e. The van der Waals surface area contributed by atoms with Crippen LogP contribution in [0, 0.1) is 0 Å². The molecule has 5 heteroatoms. The number of hydrogen-bond donors (Lipinski definition) is 0. The molecule has 0 amide bonds. The van der Waals surface area contributed by atoms with Crippen LogP contribution in [-0.2, 0) is 11.3 Å². The molecule has 0 N–H and O–H groups in total. The normalized spacial score (nSPS) is 10.2. The van der Waals surface area contributed by atoms with Crippen LogP contribution in [0.15, 0.2) is 48.5 Å². The van der Waals surface area contributed by atoms with Crippen LogP contribution < -0.4 is 9.47 Å². The lowest BCUT2D eigenvalue weighted by atomic mass is 10.2. The van der Waals surface area contributed by atoms with E-state index in [1.807, 2.05) is 36.6 Å². The number of rotatable bonds is 8. The largest absolute Gasteiger partial charge is 0.493 e. The second-order valence-electron chi connectivity index (χ2n) is 4.77. The first kappa shape index (κ1) is 17.2. The van der Waals surface area contributed by atoms with E-state index in [0.29, 0.717) is 30.3 Å². The standard InChI is InChI=1S/C18H20O4S/c1-20-17-12-15(18(19)21-10-11-23-2)8-9-16(17)22-13-14-6-4-3-5-7-14/h3-9,12H,10-11,13H2,1-2H3. The number of esters is 1. The van der Waals surface area contributed by atoms with Crippen molar-refractivity contribution in [3.63, 3.8) is 0 Å². The Balaban J connectivity index is 2.02. The summed E-state index contributed by atoms with van der Waals surface area (Å²) in [5.74, 6) is 1.53. The Kier molecular flexibility index (Phi) is 6.81. The van der Waals surface area contributed by atoms with Crippen molar-refractivity contribution in [1.29, 1.82) is 0 Å². The van der Waals surface area contributed by atoms with Gasteiger partial charge in [0.1, 0.15) is 13.2 Å². The SMILES string of the molecule is COc1cc(C(=O)OCCSC)ccc1OCc1ccccc1. The molecule has 0 aliphatic heterocycles. The quantitative estimate of drug-likeness (QED) is 0.543. The van der Waals surface area contributed by atoms with E-state index in [9.17, 15) is 4.79 Å². The zero-order chi connectivity index (χ0) is 16.5. The van der Waals surface area contributed by atoms with Crippen molar-refractivity contribution in [2.75, 3.05) is 25.7 Å². The van der Waals surface area contributed by atoms with Gasteiger partial charge in [-0.15, -0.1) is 0 Å². The summed E-state index contributed by atoms with van der Waals surface area (Å²) < 4.78 is 16.3. The number of benzene rings is 2. The second-order valence-corrected chi connectivity index (χ2v) is 5.75. The van der Waals surface area contributed by atoms with Crippen LogP contribution in [0.4, 0.5) is 0 Å². The molecule has 0 saturated carbocycles. The molecular weight excluding hydrogens is 312 g/mol. The van der Waals surface area contributed by atoms with Crippen molar-refractivity contribution in [3.8, 4) is 11.5 Å². The summed E-state index contributed by atoms with van der Waals surface area (Å²) in [5, 5.41) is 0. The summed E-state index contributed by atoms with van der Waals surface area (Å²) in [4.78, 5) is 12.0. The van der Waals surface area contributed by atoms with Gasteiger partial charge in [0.05, 0.1) is 12.7 Å². The highest BCUT2D eigenvalue weighted by Crippen LogP contribution is 2.29. The topological polar surface area (TPSA) is 44.8 Å². The third-order valence-corrected chi connectivity index (χ3v) is 3.73. The molecule has 0 saturated heterocycles. The van der Waals surface area contributed by atoms with E-state index in [1.54, 1.807) is 37.1 Å². The molecule has 0 aliphatic rings. The maximum atomic E-state index is 12.0. The van der Waals surface area contributed by atoms with E-state index in [-0.39, 0.29) is 5.97 Å². The van der Waals surface area contributed by atoms with Crippen molar-refractivity contribution in [2.45, 2.75) is 6.61 Å². The van der Waals surface area contributed by atoms with Gasteiger partial charge in [-0.3, -0.25) is 0 Å². The first-order chi connectivity index (χ1) is 11.2. The van der Waals surface area contributed by atoms with Gasteiger partial charge in [-0.2, -0.15) is 11.8 Å². The molecule has 0 aromatic heterocycles. The molecule has 0 unspecified atom stereocenters. The van der Waals surface area contributed by atoms with E-state index in [4.69, 9.17) is 14.2 Å². The van der Waals surface area contributed by atoms with Crippen LogP contribution in [0.1, 0.15) is 15.9 Å². The van der Waals surface area contributed by atoms with Crippen LogP contribution >= 0.6 is 11.8 Å². The lowest BCUT2D eigenvalue weighted by Gasteiger charge is -2.12. The fourth-order valence-corrected chi connectivity index (χ4v) is 2.20. The lowest BCUT2D eigenvalue weighted by molar-refractivity contribution is 0.0530. The molecule has 0 radical (unpaired) electrons. The van der Waals surface area contributed by atoms with Gasteiger partial charge in [0.25, 0.3) is 0 Å². The van der Waals surface area contributed by atoms with E-state index >= 15 is 0 Å².